The van der Waals surface area contributed by atoms with E-state index < -0.39 is 15.7 Å². The van der Waals surface area contributed by atoms with Crippen molar-refractivity contribution in [2.24, 2.45) is 0 Å². The zero-order valence-corrected chi connectivity index (χ0v) is 6.14. The van der Waals surface area contributed by atoms with E-state index in [1.165, 1.54) is 0 Å². The van der Waals surface area contributed by atoms with E-state index in [0.717, 1.165) is 6.66 Å². The standard InChI is InChI=1S/C2H8O4P2/c1-8(5,6)2-7(3)4/h3-4H,2H2,1H3,(H,5,6). The molecule has 0 fully saturated rings. The van der Waals surface area contributed by atoms with Crippen LogP contribution in [0.25, 0.3) is 0 Å². The predicted molar refractivity (Wildman–Crippen MR) is 32.0 cm³/mol. The van der Waals surface area contributed by atoms with E-state index >= 15 is 0 Å². The quantitative estimate of drug-likeness (QED) is 0.499. The molecule has 1 atom stereocenters. The lowest BCUT2D eigenvalue weighted by atomic mass is 11.9. The maximum Gasteiger partial charge on any atom is 0.206 e. The van der Waals surface area contributed by atoms with Gasteiger partial charge in [0, 0.05) is 6.66 Å². The van der Waals surface area contributed by atoms with Crippen LogP contribution in [0.15, 0.2) is 0 Å². The van der Waals surface area contributed by atoms with Crippen LogP contribution in [0.4, 0.5) is 0 Å². The average molecular weight is 158 g/mol. The Balaban J connectivity index is 3.56. The first-order chi connectivity index (χ1) is 3.42. The van der Waals surface area contributed by atoms with Gasteiger partial charge < -0.3 is 14.7 Å². The minimum absolute atomic E-state index is 0.387. The van der Waals surface area contributed by atoms with Gasteiger partial charge in [-0.05, 0) is 0 Å². The highest BCUT2D eigenvalue weighted by Gasteiger charge is 2.14. The summed E-state index contributed by atoms with van der Waals surface area (Å²) in [6.45, 7) is 1.09. The molecule has 0 aliphatic carbocycles. The van der Waals surface area contributed by atoms with Crippen LogP contribution in [-0.2, 0) is 4.57 Å². The minimum Gasteiger partial charge on any atom is -0.350 e. The molecule has 4 nitrogen and oxygen atoms in total. The van der Waals surface area contributed by atoms with Gasteiger partial charge >= 0.3 is 0 Å². The maximum absolute atomic E-state index is 10.3. The second-order valence-electron chi connectivity index (χ2n) is 1.56. The highest BCUT2D eigenvalue weighted by molar-refractivity contribution is 7.69. The van der Waals surface area contributed by atoms with Crippen LogP contribution in [0.5, 0.6) is 0 Å². The second kappa shape index (κ2) is 2.90. The maximum atomic E-state index is 10.3. The monoisotopic (exact) mass is 158 g/mol. The normalized spacial score (nSPS) is 18.6. The van der Waals surface area contributed by atoms with Crippen molar-refractivity contribution in [2.75, 3.05) is 12.6 Å². The van der Waals surface area contributed by atoms with Gasteiger partial charge in [0.2, 0.25) is 7.37 Å². The van der Waals surface area contributed by atoms with Crippen LogP contribution in [0.2, 0.25) is 0 Å². The van der Waals surface area contributed by atoms with E-state index in [2.05, 4.69) is 0 Å². The van der Waals surface area contributed by atoms with E-state index in [1.807, 2.05) is 0 Å². The molecule has 1 unspecified atom stereocenters. The first-order valence-electron chi connectivity index (χ1n) is 1.86. The van der Waals surface area contributed by atoms with Crippen molar-refractivity contribution >= 4 is 15.7 Å². The molecule has 0 bridgehead atoms. The average Bonchev–Trinajstić information content (AvgIpc) is 1.21. The van der Waals surface area contributed by atoms with Crippen LogP contribution in [0.3, 0.4) is 0 Å². The molecule has 0 heterocycles. The minimum atomic E-state index is -3.19. The summed E-state index contributed by atoms with van der Waals surface area (Å²) in [6, 6.07) is 0. The summed E-state index contributed by atoms with van der Waals surface area (Å²) in [4.78, 5) is 24.8. The van der Waals surface area contributed by atoms with Gasteiger partial charge in [-0.1, -0.05) is 0 Å². The SMILES string of the molecule is CP(=O)(O)CP(O)O. The van der Waals surface area contributed by atoms with Gasteiger partial charge in [-0.2, -0.15) is 0 Å². The summed E-state index contributed by atoms with van der Waals surface area (Å²) in [5.74, 6) is -0.387. The zero-order valence-electron chi connectivity index (χ0n) is 4.35. The van der Waals surface area contributed by atoms with Crippen molar-refractivity contribution < 1.29 is 19.2 Å². The molecule has 0 aliphatic rings. The van der Waals surface area contributed by atoms with E-state index in [0.29, 0.717) is 0 Å². The van der Waals surface area contributed by atoms with Crippen molar-refractivity contribution in [3.8, 4) is 0 Å². The van der Waals surface area contributed by atoms with Crippen LogP contribution in [0.1, 0.15) is 0 Å². The second-order valence-corrected chi connectivity index (χ2v) is 5.54. The van der Waals surface area contributed by atoms with E-state index in [4.69, 9.17) is 14.7 Å². The molecule has 0 aromatic rings. The third-order valence-corrected chi connectivity index (χ3v) is 3.50. The van der Waals surface area contributed by atoms with Gasteiger partial charge in [-0.3, -0.25) is 4.57 Å². The van der Waals surface area contributed by atoms with Crippen LogP contribution in [0, 0.1) is 0 Å². The van der Waals surface area contributed by atoms with Gasteiger partial charge in [-0.15, -0.1) is 0 Å². The molecule has 8 heavy (non-hydrogen) atoms. The van der Waals surface area contributed by atoms with Gasteiger partial charge in [-0.25, -0.2) is 0 Å². The molecule has 0 aliphatic heterocycles. The molecule has 0 amide bonds. The largest absolute Gasteiger partial charge is 0.350 e. The summed E-state index contributed by atoms with van der Waals surface area (Å²) in [6.07, 6.45) is 0. The van der Waals surface area contributed by atoms with Crippen molar-refractivity contribution in [3.63, 3.8) is 0 Å². The fourth-order valence-electron chi connectivity index (χ4n) is 0.235. The molecular weight excluding hydrogens is 150 g/mol. The summed E-state index contributed by atoms with van der Waals surface area (Å²) < 4.78 is 10.3. The molecule has 0 saturated heterocycles. The van der Waals surface area contributed by atoms with Gasteiger partial charge in [0.1, 0.15) is 0 Å². The molecule has 0 spiro atoms. The molecule has 0 aromatic heterocycles. The number of hydrogen-bond donors (Lipinski definition) is 3. The Morgan fingerprint density at radius 2 is 2.00 bits per heavy atom. The number of rotatable bonds is 2. The van der Waals surface area contributed by atoms with Crippen LogP contribution < -0.4 is 0 Å². The lowest BCUT2D eigenvalue weighted by Crippen LogP contribution is -1.82. The molecule has 0 aromatic carbocycles. The van der Waals surface area contributed by atoms with Crippen molar-refractivity contribution in [1.29, 1.82) is 0 Å². The van der Waals surface area contributed by atoms with Gasteiger partial charge in [0.05, 0.1) is 5.90 Å². The molecule has 0 radical (unpaired) electrons. The van der Waals surface area contributed by atoms with Crippen LogP contribution in [-0.4, -0.2) is 27.2 Å². The zero-order chi connectivity index (χ0) is 6.78. The highest BCUT2D eigenvalue weighted by atomic mass is 31.2. The Morgan fingerprint density at radius 1 is 1.62 bits per heavy atom. The van der Waals surface area contributed by atoms with E-state index in [9.17, 15) is 4.57 Å². The Morgan fingerprint density at radius 3 is 2.00 bits per heavy atom. The lowest BCUT2D eigenvalue weighted by molar-refractivity contribution is 0.471. The van der Waals surface area contributed by atoms with E-state index in [1.54, 1.807) is 0 Å². The fourth-order valence-corrected chi connectivity index (χ4v) is 2.11. The van der Waals surface area contributed by atoms with Gasteiger partial charge in [0.25, 0.3) is 0 Å². The van der Waals surface area contributed by atoms with Crippen molar-refractivity contribution in [2.45, 2.75) is 0 Å². The first-order valence-corrected chi connectivity index (χ1v) is 5.59. The Kier molecular flexibility index (Phi) is 3.10. The van der Waals surface area contributed by atoms with Crippen LogP contribution >= 0.6 is 15.7 Å². The summed E-state index contributed by atoms with van der Waals surface area (Å²) in [5.41, 5.74) is 0. The van der Waals surface area contributed by atoms with Gasteiger partial charge in [0.15, 0.2) is 8.38 Å². The van der Waals surface area contributed by atoms with Crippen molar-refractivity contribution in [3.05, 3.63) is 0 Å². The van der Waals surface area contributed by atoms with E-state index in [-0.39, 0.29) is 5.90 Å². The fraction of sp³-hybridized carbons (Fsp3) is 1.00. The Bertz CT molecular complexity index is 105. The third kappa shape index (κ3) is 6.54. The highest BCUT2D eigenvalue weighted by Crippen LogP contribution is 2.46. The predicted octanol–water partition coefficient (Wildman–Crippen LogP) is 0.141. The molecule has 0 saturated carbocycles. The molecule has 50 valence electrons. The topological polar surface area (TPSA) is 77.8 Å². The Labute approximate surface area is 48.5 Å². The van der Waals surface area contributed by atoms with Crippen molar-refractivity contribution in [1.82, 2.24) is 0 Å². The molecular formula is C2H8O4P2. The first kappa shape index (κ1) is 8.54. The molecule has 0 rings (SSSR count). The summed E-state index contributed by atoms with van der Waals surface area (Å²) in [7, 11) is -5.39. The lowest BCUT2D eigenvalue weighted by Gasteiger charge is -2.03. The third-order valence-electron chi connectivity index (χ3n) is 0.389. The number of hydrogen-bond acceptors (Lipinski definition) is 3. The Hall–Kier alpha value is 0.540. The summed E-state index contributed by atoms with van der Waals surface area (Å²) in [5, 5.41) is 0. The summed E-state index contributed by atoms with van der Waals surface area (Å²) >= 11 is 0. The molecule has 3 N–H and O–H groups in total. The molecule has 6 heteroatoms. The smallest absolute Gasteiger partial charge is 0.206 e.